The monoisotopic (exact) mass is 1090 g/mol. The second-order valence-electron chi connectivity index (χ2n) is 21.9. The van der Waals surface area contributed by atoms with E-state index in [1.807, 2.05) is 26.0 Å². The zero-order valence-corrected chi connectivity index (χ0v) is 47.7. The van der Waals surface area contributed by atoms with Gasteiger partial charge in [-0.1, -0.05) is 76.8 Å². The molecule has 3 aromatic rings. The van der Waals surface area contributed by atoms with Crippen molar-refractivity contribution < 1.29 is 65.5 Å². The number of fused-ring (bicyclic) bond motifs is 5. The molecule has 4 rings (SSSR count). The van der Waals surface area contributed by atoms with Crippen molar-refractivity contribution in [2.45, 2.75) is 163 Å². The summed E-state index contributed by atoms with van der Waals surface area (Å²) < 4.78 is 57.1. The summed E-state index contributed by atoms with van der Waals surface area (Å²) in [7, 11) is -3.39. The van der Waals surface area contributed by atoms with Gasteiger partial charge < -0.3 is 39.8 Å². The number of rotatable bonds is 24. The van der Waals surface area contributed by atoms with Crippen molar-refractivity contribution in [3.05, 3.63) is 82.4 Å². The minimum absolute atomic E-state index is 0.0208. The molecule has 0 aliphatic carbocycles. The van der Waals surface area contributed by atoms with Gasteiger partial charge in [0, 0.05) is 55.0 Å². The fourth-order valence-corrected chi connectivity index (χ4v) is 9.55. The number of amides is 4. The highest BCUT2D eigenvalue weighted by atomic mass is 32.2. The Morgan fingerprint density at radius 1 is 0.779 bits per heavy atom. The first-order valence-corrected chi connectivity index (χ1v) is 28.4. The van der Waals surface area contributed by atoms with E-state index < -0.39 is 93.0 Å². The van der Waals surface area contributed by atoms with Crippen LogP contribution in [0.25, 0.3) is 11.1 Å². The molecule has 0 radical (unpaired) electrons. The largest absolute Gasteiger partial charge is 0.493 e. The minimum atomic E-state index is -4.83. The summed E-state index contributed by atoms with van der Waals surface area (Å²) in [6, 6.07) is 12.7. The number of carbonyl (C=O) groups is 7. The van der Waals surface area contributed by atoms with E-state index in [0.29, 0.717) is 40.0 Å². The lowest BCUT2D eigenvalue weighted by atomic mass is 9.88. The molecule has 4 amide bonds. The van der Waals surface area contributed by atoms with Crippen molar-refractivity contribution in [3.63, 3.8) is 0 Å². The molecule has 0 aromatic heterocycles. The smallest absolute Gasteiger partial charge is 0.407 e. The molecule has 4 bridgehead atoms. The number of carbonyl (C=O) groups excluding carboxylic acids is 7. The normalized spacial score (nSPS) is 16.5. The number of unbranched alkanes of at least 4 members (excludes halogenated alkanes) is 4. The highest BCUT2D eigenvalue weighted by Crippen LogP contribution is 2.41. The molecule has 1 aliphatic rings. The number of likely N-dealkylation sites (N-methyl/N-ethyl adjacent to an activating group) is 1. The number of alkyl carbamates (subject to hydrolysis) is 2. The third-order valence-electron chi connectivity index (χ3n) is 12.7. The molecule has 0 saturated heterocycles. The summed E-state index contributed by atoms with van der Waals surface area (Å²) in [6.45, 7) is 17.9. The van der Waals surface area contributed by atoms with Gasteiger partial charge in [-0.3, -0.25) is 28.5 Å². The van der Waals surface area contributed by atoms with E-state index in [-0.39, 0.29) is 57.1 Å². The lowest BCUT2D eigenvalue weighted by Gasteiger charge is -2.32. The van der Waals surface area contributed by atoms with E-state index in [2.05, 4.69) is 22.9 Å². The number of hydrogen-bond donors (Lipinski definition) is 4. The van der Waals surface area contributed by atoms with Crippen LogP contribution in [0.1, 0.15) is 159 Å². The Morgan fingerprint density at radius 3 is 2.00 bits per heavy atom. The molecule has 0 fully saturated rings. The number of aryl methyl sites for hydroxylation is 2. The van der Waals surface area contributed by atoms with Crippen molar-refractivity contribution >= 4 is 51.5 Å². The Labute approximate surface area is 455 Å². The van der Waals surface area contributed by atoms with E-state index >= 15 is 9.59 Å². The van der Waals surface area contributed by atoms with Gasteiger partial charge in [-0.2, -0.15) is 8.42 Å². The topological polar surface area (TPSA) is 250 Å². The van der Waals surface area contributed by atoms with E-state index in [1.165, 1.54) is 25.3 Å². The average Bonchev–Trinajstić information content (AvgIpc) is 3.32. The number of hydrogen-bond acceptors (Lipinski definition) is 13. The maximum Gasteiger partial charge on any atom is 0.407 e. The molecule has 0 unspecified atom stereocenters. The van der Waals surface area contributed by atoms with Crippen molar-refractivity contribution in [1.29, 1.82) is 0 Å². The Hall–Kier alpha value is -6.34. The molecule has 424 valence electrons. The van der Waals surface area contributed by atoms with E-state index in [4.69, 9.17) is 18.9 Å². The average molecular weight is 1090 g/mol. The van der Waals surface area contributed by atoms with Crippen LogP contribution in [0.2, 0.25) is 0 Å². The van der Waals surface area contributed by atoms with Gasteiger partial charge in [-0.05, 0) is 127 Å². The molecule has 77 heavy (non-hydrogen) atoms. The third kappa shape index (κ3) is 20.9. The lowest BCUT2D eigenvalue weighted by Crippen LogP contribution is -2.47. The first-order valence-electron chi connectivity index (χ1n) is 26.8. The van der Waals surface area contributed by atoms with Gasteiger partial charge in [0.25, 0.3) is 10.1 Å². The van der Waals surface area contributed by atoms with Crippen LogP contribution in [-0.4, -0.2) is 116 Å². The maximum absolute atomic E-state index is 15.2. The molecular formula is C58H82N4O14S. The molecule has 1 heterocycles. The third-order valence-corrected chi connectivity index (χ3v) is 13.4. The van der Waals surface area contributed by atoms with Gasteiger partial charge in [0.05, 0.1) is 19.2 Å². The van der Waals surface area contributed by atoms with Crippen LogP contribution in [0.5, 0.6) is 11.5 Å². The van der Waals surface area contributed by atoms with Gasteiger partial charge in [0.2, 0.25) is 11.8 Å². The summed E-state index contributed by atoms with van der Waals surface area (Å²) in [5.74, 6) is -6.16. The van der Waals surface area contributed by atoms with Gasteiger partial charge in [0.1, 0.15) is 41.1 Å². The summed E-state index contributed by atoms with van der Waals surface area (Å²) >= 11 is 0. The summed E-state index contributed by atoms with van der Waals surface area (Å²) in [6.07, 6.45) is 4.72. The molecule has 3 aromatic carbocycles. The molecule has 4 N–H and O–H groups in total. The van der Waals surface area contributed by atoms with Gasteiger partial charge >= 0.3 is 12.2 Å². The van der Waals surface area contributed by atoms with E-state index in [9.17, 15) is 36.9 Å². The molecule has 0 spiro atoms. The van der Waals surface area contributed by atoms with Crippen molar-refractivity contribution in [2.75, 3.05) is 39.1 Å². The second-order valence-corrected chi connectivity index (χ2v) is 23.4. The highest BCUT2D eigenvalue weighted by molar-refractivity contribution is 7.86. The molecule has 19 heteroatoms. The van der Waals surface area contributed by atoms with Crippen LogP contribution in [0, 0.1) is 18.8 Å². The second kappa shape index (κ2) is 28.9. The highest BCUT2D eigenvalue weighted by Gasteiger charge is 2.37. The minimum Gasteiger partial charge on any atom is -0.493 e. The summed E-state index contributed by atoms with van der Waals surface area (Å²) in [5.41, 5.74) is 2.26. The van der Waals surface area contributed by atoms with Gasteiger partial charge in [-0.25, -0.2) is 9.59 Å². The number of Topliss-reactive ketones (excluding diaryl/α,β-unsaturated/α-hetero) is 3. The summed E-state index contributed by atoms with van der Waals surface area (Å²) in [4.78, 5) is 98.8. The van der Waals surface area contributed by atoms with Crippen molar-refractivity contribution in [3.8, 4) is 22.6 Å². The predicted molar refractivity (Wildman–Crippen MR) is 294 cm³/mol. The quantitative estimate of drug-likeness (QED) is 0.0371. The van der Waals surface area contributed by atoms with Gasteiger partial charge in [-0.15, -0.1) is 0 Å². The molecular weight excluding hydrogens is 1010 g/mol. The predicted octanol–water partition coefficient (Wildman–Crippen LogP) is 9.26. The lowest BCUT2D eigenvalue weighted by molar-refractivity contribution is -0.142. The molecule has 1 aliphatic heterocycles. The Kier molecular flexibility index (Phi) is 23.7. The Bertz CT molecular complexity index is 2670. The van der Waals surface area contributed by atoms with Crippen molar-refractivity contribution in [1.82, 2.24) is 20.9 Å². The summed E-state index contributed by atoms with van der Waals surface area (Å²) in [5, 5.41) is 7.96. The molecule has 4 atom stereocenters. The zero-order chi connectivity index (χ0) is 57.3. The van der Waals surface area contributed by atoms with E-state index in [0.717, 1.165) is 43.2 Å². The van der Waals surface area contributed by atoms with Crippen molar-refractivity contribution in [2.24, 2.45) is 11.8 Å². The first kappa shape index (κ1) is 63.2. The van der Waals surface area contributed by atoms with Crippen LogP contribution in [0.4, 0.5) is 9.59 Å². The van der Waals surface area contributed by atoms with Crippen LogP contribution in [0.15, 0.2) is 54.6 Å². The van der Waals surface area contributed by atoms with Gasteiger partial charge in [0.15, 0.2) is 17.3 Å². The standard InChI is InChI=1S/C58H82N4O14S/c1-12-14-15-16-17-18-39-19-22-43(37(3)30-39)47(63)35-42(25-26-59-55(68)75-57(5,6)7)54(67)62(11)52-41-21-24-51(73-28-13-2)45(34-41)44-32-40(20-23-50(44)74-29-27-60-56(69)76-58(8,9)10)33-46(49(65)36-77(70,71)72)61-53(66)38(4)31-48(52)64/h19-24,30,32,34,38,42,46,52H,12-18,25-29,31,33,35-36H2,1-11H3,(H,59,68)(H,60,69)(H,61,66)(H,70,71,72)/t38-,42-,46+,52+/m1/s1. The van der Waals surface area contributed by atoms with Crippen LogP contribution in [-0.2, 0) is 51.6 Å². The van der Waals surface area contributed by atoms with Crippen LogP contribution >= 0.6 is 0 Å². The van der Waals surface area contributed by atoms with Crippen LogP contribution < -0.4 is 25.4 Å². The van der Waals surface area contributed by atoms with Crippen LogP contribution in [0.3, 0.4) is 0 Å². The SMILES string of the molecule is CCCCCCCc1ccc(C(=O)C[C@@H](CCNC(=O)OC(C)(C)C)C(=O)N(C)[C@@H]2C(=O)C[C@@H](C)C(=O)N[C@H](C(=O)CS(=O)(=O)O)Cc3ccc(OCCNC(=O)OC(C)(C)C)c(c3)-c3cc2ccc3OCCC)c(C)c1. The number of nitrogens with one attached hydrogen (secondary N) is 3. The number of ketones is 3. The number of nitrogens with zero attached hydrogens (tertiary/aromatic N) is 1. The number of ether oxygens (including phenoxy) is 4. The number of benzene rings is 3. The first-order chi connectivity index (χ1) is 36.1. The Morgan fingerprint density at radius 2 is 1.39 bits per heavy atom. The fraction of sp³-hybridized carbons (Fsp3) is 0.569. The molecule has 0 saturated carbocycles. The maximum atomic E-state index is 15.2. The van der Waals surface area contributed by atoms with E-state index in [1.54, 1.807) is 84.0 Å². The Balaban J connectivity index is 1.87. The molecule has 18 nitrogen and oxygen atoms in total. The zero-order valence-electron chi connectivity index (χ0n) is 46.9. The fourth-order valence-electron chi connectivity index (χ4n) is 8.99.